The molecule has 0 bridgehead atoms. The van der Waals surface area contributed by atoms with Crippen molar-refractivity contribution >= 4 is 21.6 Å². The van der Waals surface area contributed by atoms with Gasteiger partial charge in [0.25, 0.3) is 10.0 Å². The van der Waals surface area contributed by atoms with Crippen molar-refractivity contribution in [2.75, 3.05) is 25.9 Å². The van der Waals surface area contributed by atoms with Gasteiger partial charge < -0.3 is 9.64 Å². The summed E-state index contributed by atoms with van der Waals surface area (Å²) >= 11 is 0. The fourth-order valence-electron chi connectivity index (χ4n) is 1.99. The van der Waals surface area contributed by atoms with Gasteiger partial charge in [-0.15, -0.1) is 0 Å². The number of hydrogen-bond donors (Lipinski definition) is 1. The van der Waals surface area contributed by atoms with E-state index in [0.717, 1.165) is 5.56 Å². The second-order valence-electron chi connectivity index (χ2n) is 5.44. The van der Waals surface area contributed by atoms with E-state index < -0.39 is 10.0 Å². The van der Waals surface area contributed by atoms with E-state index in [4.69, 9.17) is 4.74 Å². The van der Waals surface area contributed by atoms with Gasteiger partial charge in [-0.3, -0.25) is 9.52 Å². The van der Waals surface area contributed by atoms with Crippen LogP contribution in [0.15, 0.2) is 53.4 Å². The standard InChI is InChI=1S/C17H20N2O4S/c1-19(2)17(20)12-13-4-6-14(7-5-13)18-24(21,22)16-10-8-15(23-3)9-11-16/h4-11,18H,12H2,1-3H3. The van der Waals surface area contributed by atoms with Crippen molar-refractivity contribution in [2.45, 2.75) is 11.3 Å². The predicted octanol–water partition coefficient (Wildman–Crippen LogP) is 2.13. The molecule has 0 aliphatic heterocycles. The van der Waals surface area contributed by atoms with Gasteiger partial charge >= 0.3 is 0 Å². The molecular formula is C17H20N2O4S. The summed E-state index contributed by atoms with van der Waals surface area (Å²) in [7, 11) is 1.24. The summed E-state index contributed by atoms with van der Waals surface area (Å²) in [4.78, 5) is 13.3. The van der Waals surface area contributed by atoms with Crippen molar-refractivity contribution in [2.24, 2.45) is 0 Å². The van der Waals surface area contributed by atoms with Gasteiger partial charge in [-0.1, -0.05) is 12.1 Å². The third-order valence-corrected chi connectivity index (χ3v) is 4.83. The van der Waals surface area contributed by atoms with E-state index in [9.17, 15) is 13.2 Å². The molecule has 0 unspecified atom stereocenters. The number of methoxy groups -OCH3 is 1. The lowest BCUT2D eigenvalue weighted by Gasteiger charge is -2.11. The second kappa shape index (κ2) is 7.35. The molecular weight excluding hydrogens is 328 g/mol. The van der Waals surface area contributed by atoms with Gasteiger partial charge in [0.2, 0.25) is 5.91 Å². The Bertz CT molecular complexity index is 797. The summed E-state index contributed by atoms with van der Waals surface area (Å²) in [6.45, 7) is 0. The van der Waals surface area contributed by atoms with Crippen molar-refractivity contribution in [1.82, 2.24) is 4.90 Å². The Morgan fingerprint density at radius 1 is 1.04 bits per heavy atom. The smallest absolute Gasteiger partial charge is 0.261 e. The lowest BCUT2D eigenvalue weighted by atomic mass is 10.1. The summed E-state index contributed by atoms with van der Waals surface area (Å²) < 4.78 is 32.2. The number of ether oxygens (including phenoxy) is 1. The highest BCUT2D eigenvalue weighted by Crippen LogP contribution is 2.19. The molecule has 2 rings (SSSR count). The van der Waals surface area contributed by atoms with Crippen molar-refractivity contribution in [1.29, 1.82) is 0 Å². The molecule has 24 heavy (non-hydrogen) atoms. The number of sulfonamides is 1. The average molecular weight is 348 g/mol. The van der Waals surface area contributed by atoms with Crippen molar-refractivity contribution < 1.29 is 17.9 Å². The van der Waals surface area contributed by atoms with Crippen molar-refractivity contribution in [3.63, 3.8) is 0 Å². The maximum atomic E-state index is 12.3. The maximum Gasteiger partial charge on any atom is 0.261 e. The third kappa shape index (κ3) is 4.48. The van der Waals surface area contributed by atoms with E-state index in [2.05, 4.69) is 4.72 Å². The molecule has 1 amide bonds. The largest absolute Gasteiger partial charge is 0.497 e. The van der Waals surface area contributed by atoms with E-state index in [1.165, 1.54) is 24.1 Å². The number of carbonyl (C=O) groups excluding carboxylic acids is 1. The Labute approximate surface area is 142 Å². The van der Waals surface area contributed by atoms with Crippen LogP contribution in [0.5, 0.6) is 5.75 Å². The SMILES string of the molecule is COc1ccc(S(=O)(=O)Nc2ccc(CC(=O)N(C)C)cc2)cc1. The monoisotopic (exact) mass is 348 g/mol. The Hall–Kier alpha value is -2.54. The molecule has 2 aromatic carbocycles. The van der Waals surface area contributed by atoms with Gasteiger partial charge in [-0.2, -0.15) is 0 Å². The highest BCUT2D eigenvalue weighted by molar-refractivity contribution is 7.92. The van der Waals surface area contributed by atoms with E-state index in [0.29, 0.717) is 11.4 Å². The minimum Gasteiger partial charge on any atom is -0.497 e. The quantitative estimate of drug-likeness (QED) is 0.868. The topological polar surface area (TPSA) is 75.7 Å². The summed E-state index contributed by atoms with van der Waals surface area (Å²) in [6, 6.07) is 12.9. The first-order valence-corrected chi connectivity index (χ1v) is 8.76. The maximum absolute atomic E-state index is 12.3. The molecule has 2 aromatic rings. The molecule has 0 aliphatic carbocycles. The van der Waals surface area contributed by atoms with Crippen molar-refractivity contribution in [3.8, 4) is 5.75 Å². The third-order valence-electron chi connectivity index (χ3n) is 3.43. The minimum atomic E-state index is -3.67. The molecule has 6 nitrogen and oxygen atoms in total. The number of rotatable bonds is 6. The second-order valence-corrected chi connectivity index (χ2v) is 7.13. The summed E-state index contributed by atoms with van der Waals surface area (Å²) in [5.41, 5.74) is 1.26. The first kappa shape index (κ1) is 17.8. The summed E-state index contributed by atoms with van der Waals surface area (Å²) in [5, 5.41) is 0. The highest BCUT2D eigenvalue weighted by atomic mass is 32.2. The molecule has 0 heterocycles. The summed E-state index contributed by atoms with van der Waals surface area (Å²) in [6.07, 6.45) is 0.276. The molecule has 0 radical (unpaired) electrons. The molecule has 0 fully saturated rings. The van der Waals surface area contributed by atoms with E-state index in [1.54, 1.807) is 50.5 Å². The van der Waals surface area contributed by atoms with Crippen LogP contribution in [0.25, 0.3) is 0 Å². The van der Waals surface area contributed by atoms with Crippen LogP contribution in [0.3, 0.4) is 0 Å². The molecule has 128 valence electrons. The number of nitrogens with zero attached hydrogens (tertiary/aromatic N) is 1. The Morgan fingerprint density at radius 2 is 1.62 bits per heavy atom. The molecule has 0 spiro atoms. The number of hydrogen-bond acceptors (Lipinski definition) is 4. The van der Waals surface area contributed by atoms with E-state index in [1.807, 2.05) is 0 Å². The van der Waals surface area contributed by atoms with Crippen LogP contribution >= 0.6 is 0 Å². The van der Waals surface area contributed by atoms with Crippen LogP contribution in [0.1, 0.15) is 5.56 Å². The fraction of sp³-hybridized carbons (Fsp3) is 0.235. The van der Waals surface area contributed by atoms with Crippen LogP contribution in [-0.4, -0.2) is 40.4 Å². The van der Waals surface area contributed by atoms with Crippen LogP contribution in [0.2, 0.25) is 0 Å². The lowest BCUT2D eigenvalue weighted by Crippen LogP contribution is -2.23. The Morgan fingerprint density at radius 3 is 2.12 bits per heavy atom. The lowest BCUT2D eigenvalue weighted by molar-refractivity contribution is -0.127. The summed E-state index contributed by atoms with van der Waals surface area (Å²) in [5.74, 6) is 0.574. The van der Waals surface area contributed by atoms with Gasteiger partial charge in [0.15, 0.2) is 0 Å². The molecule has 1 N–H and O–H groups in total. The van der Waals surface area contributed by atoms with Crippen LogP contribution in [0.4, 0.5) is 5.69 Å². The van der Waals surface area contributed by atoms with Gasteiger partial charge in [0.1, 0.15) is 5.75 Å². The number of carbonyl (C=O) groups is 1. The highest BCUT2D eigenvalue weighted by Gasteiger charge is 2.14. The fourth-order valence-corrected chi connectivity index (χ4v) is 3.05. The van der Waals surface area contributed by atoms with E-state index >= 15 is 0 Å². The molecule has 0 aromatic heterocycles. The van der Waals surface area contributed by atoms with Gasteiger partial charge in [0.05, 0.1) is 18.4 Å². The number of amides is 1. The van der Waals surface area contributed by atoms with Gasteiger partial charge in [-0.05, 0) is 42.0 Å². The van der Waals surface area contributed by atoms with Crippen LogP contribution in [0, 0.1) is 0 Å². The molecule has 0 saturated heterocycles. The first-order chi connectivity index (χ1) is 11.3. The zero-order chi connectivity index (χ0) is 17.7. The van der Waals surface area contributed by atoms with Gasteiger partial charge in [-0.25, -0.2) is 8.42 Å². The number of nitrogens with one attached hydrogen (secondary N) is 1. The molecule has 0 atom stereocenters. The van der Waals surface area contributed by atoms with Crippen LogP contribution in [-0.2, 0) is 21.2 Å². The average Bonchev–Trinajstić information content (AvgIpc) is 2.56. The normalized spacial score (nSPS) is 11.0. The van der Waals surface area contributed by atoms with Crippen molar-refractivity contribution in [3.05, 3.63) is 54.1 Å². The Kier molecular flexibility index (Phi) is 5.46. The minimum absolute atomic E-state index is 0.0124. The van der Waals surface area contributed by atoms with E-state index in [-0.39, 0.29) is 17.2 Å². The molecule has 0 saturated carbocycles. The van der Waals surface area contributed by atoms with Crippen LogP contribution < -0.4 is 9.46 Å². The first-order valence-electron chi connectivity index (χ1n) is 7.28. The Balaban J connectivity index is 2.10. The molecule has 7 heteroatoms. The number of anilines is 1. The van der Waals surface area contributed by atoms with Gasteiger partial charge in [0, 0.05) is 19.8 Å². The number of benzene rings is 2. The molecule has 0 aliphatic rings. The zero-order valence-corrected chi connectivity index (χ0v) is 14.6. The number of likely N-dealkylation sites (N-methyl/N-ethyl adjacent to an activating group) is 1. The zero-order valence-electron chi connectivity index (χ0n) is 13.8. The predicted molar refractivity (Wildman–Crippen MR) is 92.6 cm³/mol.